The first-order valence-electron chi connectivity index (χ1n) is 9.69. The van der Waals surface area contributed by atoms with Gasteiger partial charge in [0, 0.05) is 38.8 Å². The van der Waals surface area contributed by atoms with Crippen LogP contribution in [0.2, 0.25) is 0 Å². The third kappa shape index (κ3) is 4.87. The van der Waals surface area contributed by atoms with Crippen LogP contribution in [0.3, 0.4) is 0 Å². The summed E-state index contributed by atoms with van der Waals surface area (Å²) in [5.74, 6) is 1.68. The summed E-state index contributed by atoms with van der Waals surface area (Å²) in [7, 11) is 1.71. The second kappa shape index (κ2) is 8.88. The molecule has 2 heterocycles. The van der Waals surface area contributed by atoms with Crippen molar-refractivity contribution in [1.29, 1.82) is 0 Å². The summed E-state index contributed by atoms with van der Waals surface area (Å²) in [4.78, 5) is 5.23. The fraction of sp³-hybridized carbons (Fsp3) is 0.700. The lowest BCUT2D eigenvalue weighted by molar-refractivity contribution is 0.134. The van der Waals surface area contributed by atoms with Crippen LogP contribution in [-0.2, 0) is 0 Å². The Hall–Kier alpha value is -1.30. The summed E-state index contributed by atoms with van der Waals surface area (Å²) in [6, 6.07) is 6.89. The zero-order chi connectivity index (χ0) is 17.6. The number of nitrogens with zero attached hydrogens (tertiary/aromatic N) is 2. The van der Waals surface area contributed by atoms with Crippen LogP contribution < -0.4 is 14.8 Å². The highest BCUT2D eigenvalue weighted by Crippen LogP contribution is 2.33. The van der Waals surface area contributed by atoms with Gasteiger partial charge in [-0.25, -0.2) is 0 Å². The minimum atomic E-state index is 0.139. The molecule has 3 rings (SSSR count). The molecule has 25 heavy (non-hydrogen) atoms. The molecule has 5 nitrogen and oxygen atoms in total. The molecule has 0 bridgehead atoms. The zero-order valence-corrected chi connectivity index (χ0v) is 16.0. The third-order valence-electron chi connectivity index (χ3n) is 5.16. The summed E-state index contributed by atoms with van der Waals surface area (Å²) in [6.07, 6.45) is 2.80. The molecule has 2 fully saturated rings. The first-order valence-corrected chi connectivity index (χ1v) is 9.69. The van der Waals surface area contributed by atoms with E-state index in [1.54, 1.807) is 7.11 Å². The van der Waals surface area contributed by atoms with Gasteiger partial charge in [0.2, 0.25) is 0 Å². The first-order chi connectivity index (χ1) is 12.2. The Balaban J connectivity index is 1.85. The van der Waals surface area contributed by atoms with Crippen molar-refractivity contribution < 1.29 is 9.47 Å². The van der Waals surface area contributed by atoms with Crippen LogP contribution in [0.15, 0.2) is 18.2 Å². The van der Waals surface area contributed by atoms with E-state index in [2.05, 4.69) is 47.2 Å². The van der Waals surface area contributed by atoms with Crippen LogP contribution >= 0.6 is 0 Å². The van der Waals surface area contributed by atoms with Crippen molar-refractivity contribution in [3.05, 3.63) is 23.8 Å². The van der Waals surface area contributed by atoms with E-state index in [1.165, 1.54) is 31.5 Å². The molecule has 0 amide bonds. The van der Waals surface area contributed by atoms with Crippen molar-refractivity contribution >= 4 is 0 Å². The van der Waals surface area contributed by atoms with E-state index in [0.29, 0.717) is 6.04 Å². The normalized spacial score (nSPS) is 20.8. The van der Waals surface area contributed by atoms with E-state index in [-0.39, 0.29) is 6.10 Å². The Kier molecular flexibility index (Phi) is 6.57. The maximum Gasteiger partial charge on any atom is 0.161 e. The van der Waals surface area contributed by atoms with Gasteiger partial charge in [-0.3, -0.25) is 4.90 Å². The molecule has 140 valence electrons. The highest BCUT2D eigenvalue weighted by molar-refractivity contribution is 5.44. The summed E-state index contributed by atoms with van der Waals surface area (Å²) in [6.45, 7) is 12.0. The van der Waals surface area contributed by atoms with E-state index in [4.69, 9.17) is 9.47 Å². The van der Waals surface area contributed by atoms with Crippen molar-refractivity contribution in [2.75, 3.05) is 52.9 Å². The quantitative estimate of drug-likeness (QED) is 0.820. The molecule has 1 unspecified atom stereocenters. The monoisotopic (exact) mass is 347 g/mol. The van der Waals surface area contributed by atoms with E-state index >= 15 is 0 Å². The van der Waals surface area contributed by atoms with Gasteiger partial charge in [0.1, 0.15) is 0 Å². The largest absolute Gasteiger partial charge is 0.493 e. The maximum absolute atomic E-state index is 6.01. The molecule has 0 saturated carbocycles. The van der Waals surface area contributed by atoms with E-state index < -0.39 is 0 Å². The van der Waals surface area contributed by atoms with Crippen molar-refractivity contribution in [3.63, 3.8) is 0 Å². The molecular weight excluding hydrogens is 314 g/mol. The summed E-state index contributed by atoms with van der Waals surface area (Å²) < 4.78 is 11.5. The van der Waals surface area contributed by atoms with Gasteiger partial charge in [-0.1, -0.05) is 6.07 Å². The molecule has 2 aliphatic heterocycles. The van der Waals surface area contributed by atoms with E-state index in [0.717, 1.165) is 44.2 Å². The van der Waals surface area contributed by atoms with Gasteiger partial charge in [0.25, 0.3) is 0 Å². The zero-order valence-electron chi connectivity index (χ0n) is 16.0. The minimum absolute atomic E-state index is 0.139. The molecule has 0 radical (unpaired) electrons. The molecule has 0 spiro atoms. The number of hydrogen-bond donors (Lipinski definition) is 1. The maximum atomic E-state index is 6.01. The van der Waals surface area contributed by atoms with Crippen molar-refractivity contribution in [1.82, 2.24) is 15.1 Å². The van der Waals surface area contributed by atoms with Crippen LogP contribution in [0.4, 0.5) is 0 Å². The SMILES string of the molecule is COc1ccc(C(CN2CCCC2)N2CCNCC2)cc1OC(C)C. The highest BCUT2D eigenvalue weighted by Gasteiger charge is 2.26. The van der Waals surface area contributed by atoms with Gasteiger partial charge in [0.05, 0.1) is 13.2 Å². The minimum Gasteiger partial charge on any atom is -0.493 e. The van der Waals surface area contributed by atoms with Crippen molar-refractivity contribution in [3.8, 4) is 11.5 Å². The number of rotatable bonds is 7. The number of nitrogens with one attached hydrogen (secondary N) is 1. The second-order valence-corrected chi connectivity index (χ2v) is 7.39. The Bertz CT molecular complexity index is 538. The predicted octanol–water partition coefficient (Wildman–Crippen LogP) is 2.52. The Morgan fingerprint density at radius 2 is 1.76 bits per heavy atom. The number of methoxy groups -OCH3 is 1. The smallest absolute Gasteiger partial charge is 0.161 e. The highest BCUT2D eigenvalue weighted by atomic mass is 16.5. The number of ether oxygens (including phenoxy) is 2. The van der Waals surface area contributed by atoms with Crippen LogP contribution in [-0.4, -0.2) is 68.8 Å². The molecule has 1 N–H and O–H groups in total. The molecule has 0 aromatic heterocycles. The van der Waals surface area contributed by atoms with Crippen LogP contribution in [0.5, 0.6) is 11.5 Å². The van der Waals surface area contributed by atoms with Gasteiger partial charge >= 0.3 is 0 Å². The first kappa shape index (κ1) is 18.5. The second-order valence-electron chi connectivity index (χ2n) is 7.39. The molecule has 1 aromatic rings. The van der Waals surface area contributed by atoms with E-state index in [1.807, 2.05) is 0 Å². The molecule has 0 aliphatic carbocycles. The average Bonchev–Trinajstić information content (AvgIpc) is 3.13. The van der Waals surface area contributed by atoms with Crippen LogP contribution in [0.1, 0.15) is 38.3 Å². The lowest BCUT2D eigenvalue weighted by Gasteiger charge is -2.37. The Morgan fingerprint density at radius 3 is 2.40 bits per heavy atom. The topological polar surface area (TPSA) is 37.0 Å². The molecular formula is C20H33N3O2. The molecule has 2 aliphatic rings. The Labute approximate surface area is 152 Å². The summed E-state index contributed by atoms with van der Waals surface area (Å²) in [5, 5.41) is 3.47. The molecule has 5 heteroatoms. The van der Waals surface area contributed by atoms with Crippen LogP contribution in [0, 0.1) is 0 Å². The van der Waals surface area contributed by atoms with Gasteiger partial charge in [-0.05, 0) is 57.5 Å². The Morgan fingerprint density at radius 1 is 1.04 bits per heavy atom. The van der Waals surface area contributed by atoms with Crippen LogP contribution in [0.25, 0.3) is 0 Å². The van der Waals surface area contributed by atoms with Crippen molar-refractivity contribution in [2.45, 2.75) is 38.8 Å². The molecule has 1 aromatic carbocycles. The number of piperazine rings is 1. The number of hydrogen-bond acceptors (Lipinski definition) is 5. The summed E-state index contributed by atoms with van der Waals surface area (Å²) in [5.41, 5.74) is 1.34. The van der Waals surface area contributed by atoms with Gasteiger partial charge in [-0.2, -0.15) is 0 Å². The van der Waals surface area contributed by atoms with Gasteiger partial charge in [0.15, 0.2) is 11.5 Å². The van der Waals surface area contributed by atoms with Gasteiger partial charge in [-0.15, -0.1) is 0 Å². The summed E-state index contributed by atoms with van der Waals surface area (Å²) >= 11 is 0. The van der Waals surface area contributed by atoms with Crippen molar-refractivity contribution in [2.24, 2.45) is 0 Å². The predicted molar refractivity (Wildman–Crippen MR) is 102 cm³/mol. The standard InChI is InChI=1S/C20H33N3O2/c1-16(2)25-20-14-17(6-7-19(20)24-3)18(15-22-10-4-5-11-22)23-12-8-21-9-13-23/h6-7,14,16,18,21H,4-5,8-13,15H2,1-3H3. The third-order valence-corrected chi connectivity index (χ3v) is 5.16. The number of benzene rings is 1. The molecule has 2 saturated heterocycles. The fourth-order valence-electron chi connectivity index (χ4n) is 3.88. The molecule has 1 atom stereocenters. The van der Waals surface area contributed by atoms with E-state index in [9.17, 15) is 0 Å². The lowest BCUT2D eigenvalue weighted by Crippen LogP contribution is -2.47. The lowest BCUT2D eigenvalue weighted by atomic mass is 10.0. The number of likely N-dealkylation sites (tertiary alicyclic amines) is 1. The average molecular weight is 348 g/mol. The van der Waals surface area contributed by atoms with Gasteiger partial charge < -0.3 is 19.7 Å². The fourth-order valence-corrected chi connectivity index (χ4v) is 3.88.